The summed E-state index contributed by atoms with van der Waals surface area (Å²) in [5.41, 5.74) is 0.881. The van der Waals surface area contributed by atoms with E-state index < -0.39 is 38.9 Å². The largest absolute Gasteiger partial charge is 0.390 e. The number of nitrogens with zero attached hydrogens (tertiary/aromatic N) is 1. The average molecular weight is 531 g/mol. The van der Waals surface area contributed by atoms with Gasteiger partial charge in [-0.05, 0) is 45.1 Å². The first-order chi connectivity index (χ1) is 16.2. The van der Waals surface area contributed by atoms with Crippen LogP contribution in [0, 0.1) is 5.92 Å². The first-order valence-electron chi connectivity index (χ1n) is 11.7. The highest BCUT2D eigenvalue weighted by Gasteiger charge is 2.38. The Morgan fingerprint density at radius 1 is 1.11 bits per heavy atom. The molecule has 1 aromatic rings. The van der Waals surface area contributed by atoms with Gasteiger partial charge < -0.3 is 21.1 Å². The number of nitrogens with one attached hydrogen (secondary N) is 3. The van der Waals surface area contributed by atoms with Gasteiger partial charge in [0.2, 0.25) is 21.8 Å². The van der Waals surface area contributed by atoms with Crippen molar-refractivity contribution in [1.29, 1.82) is 0 Å². The fraction of sp³-hybridized carbons (Fsp3) is 0.667. The molecule has 1 aromatic carbocycles. The normalized spacial score (nSPS) is 15.0. The van der Waals surface area contributed by atoms with E-state index in [-0.39, 0.29) is 31.5 Å². The molecular formula is C24H42N4O5S2. The Balaban J connectivity index is 3.24. The van der Waals surface area contributed by atoms with Gasteiger partial charge in [-0.2, -0.15) is 16.1 Å². The van der Waals surface area contributed by atoms with E-state index in [1.54, 1.807) is 7.05 Å². The lowest BCUT2D eigenvalue weighted by molar-refractivity contribution is -0.130. The van der Waals surface area contributed by atoms with Crippen molar-refractivity contribution in [2.45, 2.75) is 57.1 Å². The van der Waals surface area contributed by atoms with E-state index in [2.05, 4.69) is 16.0 Å². The van der Waals surface area contributed by atoms with Gasteiger partial charge in [0.15, 0.2) is 0 Å². The predicted octanol–water partition coefficient (Wildman–Crippen LogP) is 0.838. The lowest BCUT2D eigenvalue weighted by Crippen LogP contribution is -2.61. The number of carbonyl (C=O) groups is 2. The number of aliphatic hydroxyl groups is 1. The number of sulfonamides is 1. The summed E-state index contributed by atoms with van der Waals surface area (Å²) in [5.74, 6) is -0.702. The molecule has 0 bridgehead atoms. The van der Waals surface area contributed by atoms with Gasteiger partial charge in [-0.15, -0.1) is 0 Å². The van der Waals surface area contributed by atoms with Crippen LogP contribution in [0.25, 0.3) is 0 Å². The molecule has 0 aliphatic heterocycles. The Morgan fingerprint density at radius 3 is 2.20 bits per heavy atom. The second kappa shape index (κ2) is 14.2. The summed E-state index contributed by atoms with van der Waals surface area (Å²) in [6.07, 6.45) is 2.10. The molecule has 1 rings (SSSR count). The van der Waals surface area contributed by atoms with Crippen LogP contribution in [-0.2, 0) is 26.0 Å². The van der Waals surface area contributed by atoms with Gasteiger partial charge in [0.1, 0.15) is 6.04 Å². The Morgan fingerprint density at radius 2 is 1.71 bits per heavy atom. The molecule has 2 amide bonds. The smallest absolute Gasteiger partial charge is 0.244 e. The van der Waals surface area contributed by atoms with Gasteiger partial charge in [0, 0.05) is 17.8 Å². The van der Waals surface area contributed by atoms with Crippen molar-refractivity contribution < 1.29 is 23.1 Å². The van der Waals surface area contributed by atoms with Crippen LogP contribution in [0.4, 0.5) is 0 Å². The number of hydrogen-bond acceptors (Lipinski definition) is 7. The average Bonchev–Trinajstić information content (AvgIpc) is 2.76. The first-order valence-corrected chi connectivity index (χ1v) is 14.7. The van der Waals surface area contributed by atoms with Gasteiger partial charge >= 0.3 is 0 Å². The summed E-state index contributed by atoms with van der Waals surface area (Å²) < 4.78 is 25.3. The Labute approximate surface area is 214 Å². The zero-order valence-electron chi connectivity index (χ0n) is 21.9. The first kappa shape index (κ1) is 31.4. The summed E-state index contributed by atoms with van der Waals surface area (Å²) in [6, 6.07) is 7.71. The van der Waals surface area contributed by atoms with Crippen molar-refractivity contribution in [2.24, 2.45) is 5.92 Å². The summed E-state index contributed by atoms with van der Waals surface area (Å²) in [7, 11) is -1.92. The zero-order chi connectivity index (χ0) is 26.8. The van der Waals surface area contributed by atoms with Gasteiger partial charge in [-0.3, -0.25) is 9.59 Å². The third-order valence-corrected chi connectivity index (χ3v) is 8.17. The molecule has 35 heavy (non-hydrogen) atoms. The molecule has 3 atom stereocenters. The van der Waals surface area contributed by atoms with Gasteiger partial charge in [0.25, 0.3) is 0 Å². The zero-order valence-corrected chi connectivity index (χ0v) is 23.5. The number of hydrogen-bond donors (Lipinski definition) is 4. The lowest BCUT2D eigenvalue weighted by Gasteiger charge is -2.35. The minimum atomic E-state index is -3.56. The second-order valence-electron chi connectivity index (χ2n) is 9.68. The molecule has 0 spiro atoms. The minimum absolute atomic E-state index is 0.0584. The minimum Gasteiger partial charge on any atom is -0.390 e. The third kappa shape index (κ3) is 10.9. The van der Waals surface area contributed by atoms with Crippen molar-refractivity contribution in [2.75, 3.05) is 39.2 Å². The maximum atomic E-state index is 13.5. The van der Waals surface area contributed by atoms with Crippen LogP contribution in [0.5, 0.6) is 0 Å². The van der Waals surface area contributed by atoms with Crippen LogP contribution in [0.3, 0.4) is 0 Å². The molecule has 11 heteroatoms. The van der Waals surface area contributed by atoms with Gasteiger partial charge in [-0.1, -0.05) is 44.2 Å². The molecule has 9 nitrogen and oxygen atoms in total. The van der Waals surface area contributed by atoms with E-state index in [1.165, 1.54) is 16.1 Å². The summed E-state index contributed by atoms with van der Waals surface area (Å²) in [5, 5.41) is 19.6. The molecule has 0 aliphatic carbocycles. The molecule has 0 saturated heterocycles. The number of carbonyl (C=O) groups excluding carboxylic acids is 2. The molecule has 0 radical (unpaired) electrons. The highest BCUT2D eigenvalue weighted by molar-refractivity contribution is 8.00. The fourth-order valence-corrected chi connectivity index (χ4v) is 4.95. The standard InChI is InChI=1S/C24H42N4O5S2/c1-17(2)15-28(35(7,32)33)16-20(29)19(13-18-11-9-8-10-12-18)26-23(31)22(24(3,4)34-6)27-21(30)14-25-5/h8-12,17,19-20,22,25,29H,13-16H2,1-7H3,(H,26,31)(H,27,30). The van der Waals surface area contributed by atoms with Crippen LogP contribution in [0.15, 0.2) is 30.3 Å². The summed E-state index contributed by atoms with van der Waals surface area (Å²) >= 11 is 1.44. The van der Waals surface area contributed by atoms with E-state index in [9.17, 15) is 23.1 Å². The van der Waals surface area contributed by atoms with Crippen LogP contribution in [-0.4, -0.2) is 91.8 Å². The molecule has 0 aliphatic rings. The van der Waals surface area contributed by atoms with E-state index in [0.29, 0.717) is 6.42 Å². The molecule has 0 fully saturated rings. The van der Waals surface area contributed by atoms with Crippen molar-refractivity contribution >= 4 is 33.6 Å². The topological polar surface area (TPSA) is 128 Å². The van der Waals surface area contributed by atoms with Crippen molar-refractivity contribution in [3.63, 3.8) is 0 Å². The van der Waals surface area contributed by atoms with E-state index in [4.69, 9.17) is 0 Å². The highest BCUT2D eigenvalue weighted by atomic mass is 32.2. The molecule has 0 aromatic heterocycles. The Bertz CT molecular complexity index is 910. The number of likely N-dealkylation sites (N-methyl/N-ethyl adjacent to an activating group) is 1. The highest BCUT2D eigenvalue weighted by Crippen LogP contribution is 2.26. The number of rotatable bonds is 15. The monoisotopic (exact) mass is 530 g/mol. The Hall–Kier alpha value is -1.66. The maximum Gasteiger partial charge on any atom is 0.244 e. The van der Waals surface area contributed by atoms with Crippen LogP contribution in [0.1, 0.15) is 33.3 Å². The second-order valence-corrected chi connectivity index (χ2v) is 13.1. The Kier molecular flexibility index (Phi) is 12.7. The third-order valence-electron chi connectivity index (χ3n) is 5.65. The number of thioether (sulfide) groups is 1. The molecule has 200 valence electrons. The van der Waals surface area contributed by atoms with E-state index in [1.807, 2.05) is 64.3 Å². The number of benzene rings is 1. The van der Waals surface area contributed by atoms with Crippen molar-refractivity contribution in [3.05, 3.63) is 35.9 Å². The molecule has 3 unspecified atom stereocenters. The maximum absolute atomic E-state index is 13.5. The van der Waals surface area contributed by atoms with Crippen LogP contribution >= 0.6 is 11.8 Å². The molecular weight excluding hydrogens is 488 g/mol. The quantitative estimate of drug-likeness (QED) is 0.265. The summed E-state index contributed by atoms with van der Waals surface area (Å²) in [6.45, 7) is 7.67. The van der Waals surface area contributed by atoms with Crippen LogP contribution < -0.4 is 16.0 Å². The fourth-order valence-electron chi connectivity index (χ4n) is 3.55. The predicted molar refractivity (Wildman–Crippen MR) is 143 cm³/mol. The number of amides is 2. The SMILES string of the molecule is CNCC(=O)NC(C(=O)NC(Cc1ccccc1)C(O)CN(CC(C)C)S(C)(=O)=O)C(C)(C)SC. The summed E-state index contributed by atoms with van der Waals surface area (Å²) in [4.78, 5) is 25.8. The molecule has 0 saturated carbocycles. The van der Waals surface area contributed by atoms with Crippen LogP contribution in [0.2, 0.25) is 0 Å². The number of aliphatic hydroxyl groups excluding tert-OH is 1. The van der Waals surface area contributed by atoms with Crippen molar-refractivity contribution in [1.82, 2.24) is 20.3 Å². The van der Waals surface area contributed by atoms with E-state index in [0.717, 1.165) is 11.8 Å². The van der Waals surface area contributed by atoms with Gasteiger partial charge in [0.05, 0.1) is 24.9 Å². The molecule has 0 heterocycles. The van der Waals surface area contributed by atoms with Crippen molar-refractivity contribution in [3.8, 4) is 0 Å². The lowest BCUT2D eigenvalue weighted by atomic mass is 9.98. The van der Waals surface area contributed by atoms with E-state index >= 15 is 0 Å². The van der Waals surface area contributed by atoms with Gasteiger partial charge in [-0.25, -0.2) is 8.42 Å². The molecule has 4 N–H and O–H groups in total.